The van der Waals surface area contributed by atoms with Crippen molar-refractivity contribution in [2.45, 2.75) is 12.5 Å². The van der Waals surface area contributed by atoms with Crippen LogP contribution < -0.4 is 0 Å². The maximum absolute atomic E-state index is 3.64. The van der Waals surface area contributed by atoms with E-state index in [2.05, 4.69) is 71.8 Å². The quantitative estimate of drug-likeness (QED) is 0.657. The van der Waals surface area contributed by atoms with Gasteiger partial charge in [-0.15, -0.1) is 5.73 Å². The van der Waals surface area contributed by atoms with Crippen molar-refractivity contribution in [2.75, 3.05) is 14.1 Å². The van der Waals surface area contributed by atoms with Crippen molar-refractivity contribution in [3.63, 3.8) is 0 Å². The average Bonchev–Trinajstić information content (AvgIpc) is 2.63. The van der Waals surface area contributed by atoms with Gasteiger partial charge in [0.05, 0.1) is 6.04 Å². The van der Waals surface area contributed by atoms with Crippen molar-refractivity contribution < 1.29 is 0 Å². The van der Waals surface area contributed by atoms with Crippen LogP contribution in [0.3, 0.4) is 0 Å². The largest absolute Gasteiger partial charge is 0.299 e. The van der Waals surface area contributed by atoms with E-state index in [1.807, 2.05) is 32.3 Å². The summed E-state index contributed by atoms with van der Waals surface area (Å²) in [4.78, 5) is 2.13. The summed E-state index contributed by atoms with van der Waals surface area (Å²) in [5.41, 5.74) is 6.87. The van der Waals surface area contributed by atoms with Crippen LogP contribution in [-0.4, -0.2) is 25.0 Å². The summed E-state index contributed by atoms with van der Waals surface area (Å²) in [6.07, 6.45) is 13.8. The molecule has 4 rings (SSSR count). The predicted molar refractivity (Wildman–Crippen MR) is 105 cm³/mol. The molecule has 0 aromatic heterocycles. The van der Waals surface area contributed by atoms with Crippen molar-refractivity contribution in [1.29, 1.82) is 0 Å². The van der Waals surface area contributed by atoms with Gasteiger partial charge in [-0.2, -0.15) is 0 Å². The van der Waals surface area contributed by atoms with Gasteiger partial charge >= 0.3 is 0 Å². The second-order valence-corrected chi connectivity index (χ2v) is 6.25. The fourth-order valence-electron chi connectivity index (χ4n) is 3.22. The minimum atomic E-state index is 0.345. The number of rotatable bonds is 1. The summed E-state index contributed by atoms with van der Waals surface area (Å²) in [6.45, 7) is 3.64. The topological polar surface area (TPSA) is 3.24 Å². The van der Waals surface area contributed by atoms with Crippen LogP contribution >= 0.6 is 0 Å². The van der Waals surface area contributed by atoms with Crippen LogP contribution in [-0.2, 0) is 6.42 Å². The molecule has 2 aromatic carbocycles. The molecule has 0 aliphatic heterocycles. The van der Waals surface area contributed by atoms with E-state index in [9.17, 15) is 0 Å². The van der Waals surface area contributed by atoms with Crippen molar-refractivity contribution in [3.05, 3.63) is 95.8 Å². The Balaban J connectivity index is 0.000000144. The highest BCUT2D eigenvalue weighted by atomic mass is 15.1. The Hall–Kier alpha value is -2.60. The maximum Gasteiger partial charge on any atom is 0.0602 e. The average molecular weight is 313 g/mol. The standard InChI is InChI=1S/C13H10.C10H13N/c1-4-10-6-2-8-12-9-3-7-11(5-1)13(10)12;1-4-9-7-5-6-8-10(9)11(2)3/h1-8H,9H2;5-8,10H,1H2,2-3H3. The fraction of sp³-hybridized carbons (Fsp3) is 0.174. The van der Waals surface area contributed by atoms with Crippen LogP contribution in [0.25, 0.3) is 16.8 Å². The van der Waals surface area contributed by atoms with E-state index in [1.165, 1.54) is 21.9 Å². The highest BCUT2D eigenvalue weighted by Crippen LogP contribution is 2.27. The highest BCUT2D eigenvalue weighted by molar-refractivity contribution is 5.94. The number of nitrogens with zero attached hydrogens (tertiary/aromatic N) is 1. The zero-order chi connectivity index (χ0) is 16.9. The molecule has 1 nitrogen and oxygen atoms in total. The molecule has 0 N–H and O–H groups in total. The summed E-state index contributed by atoms with van der Waals surface area (Å²) >= 11 is 0. The number of hydrogen-bond acceptors (Lipinski definition) is 1. The minimum absolute atomic E-state index is 0.345. The first kappa shape index (κ1) is 16.3. The summed E-state index contributed by atoms with van der Waals surface area (Å²) < 4.78 is 0. The predicted octanol–water partition coefficient (Wildman–Crippen LogP) is 5.16. The third-order valence-corrected chi connectivity index (χ3v) is 4.42. The van der Waals surface area contributed by atoms with Gasteiger partial charge in [0.2, 0.25) is 0 Å². The molecule has 2 aromatic rings. The molecule has 0 spiro atoms. The molecule has 1 atom stereocenters. The molecule has 0 saturated heterocycles. The van der Waals surface area contributed by atoms with E-state index >= 15 is 0 Å². The second kappa shape index (κ2) is 7.31. The Morgan fingerprint density at radius 3 is 2.54 bits per heavy atom. The van der Waals surface area contributed by atoms with E-state index < -0.39 is 0 Å². The van der Waals surface area contributed by atoms with E-state index in [1.54, 1.807) is 0 Å². The van der Waals surface area contributed by atoms with Crippen molar-refractivity contribution in [3.8, 4) is 0 Å². The lowest BCUT2D eigenvalue weighted by Gasteiger charge is -2.22. The molecule has 24 heavy (non-hydrogen) atoms. The molecule has 120 valence electrons. The summed E-state index contributed by atoms with van der Waals surface area (Å²) in [7, 11) is 4.09. The summed E-state index contributed by atoms with van der Waals surface area (Å²) in [6, 6.07) is 13.4. The van der Waals surface area contributed by atoms with Crippen LogP contribution in [0, 0.1) is 0 Å². The molecule has 0 fully saturated rings. The lowest BCUT2D eigenvalue weighted by Crippen LogP contribution is -2.27. The van der Waals surface area contributed by atoms with Crippen molar-refractivity contribution >= 4 is 16.8 Å². The highest BCUT2D eigenvalue weighted by Gasteiger charge is 2.11. The number of hydrogen-bond donors (Lipinski definition) is 0. The summed E-state index contributed by atoms with van der Waals surface area (Å²) in [5, 5.41) is 2.80. The zero-order valence-corrected chi connectivity index (χ0v) is 14.4. The first-order valence-electron chi connectivity index (χ1n) is 8.29. The van der Waals surface area contributed by atoms with Crippen LogP contribution in [0.2, 0.25) is 0 Å². The molecule has 0 radical (unpaired) electrons. The van der Waals surface area contributed by atoms with E-state index in [0.29, 0.717) is 6.04 Å². The second-order valence-electron chi connectivity index (χ2n) is 6.25. The lowest BCUT2D eigenvalue weighted by molar-refractivity contribution is 0.382. The number of benzene rings is 2. The van der Waals surface area contributed by atoms with Gasteiger partial charge in [-0.25, -0.2) is 0 Å². The van der Waals surface area contributed by atoms with Crippen molar-refractivity contribution in [2.24, 2.45) is 0 Å². The molecular formula is C23H23N. The Labute approximate surface area is 144 Å². The Morgan fingerprint density at radius 1 is 1.04 bits per heavy atom. The first-order chi connectivity index (χ1) is 11.7. The molecule has 1 heteroatoms. The van der Waals surface area contributed by atoms with Crippen molar-refractivity contribution in [1.82, 2.24) is 4.90 Å². The van der Waals surface area contributed by atoms with Gasteiger partial charge in [0, 0.05) is 5.57 Å². The fourth-order valence-corrected chi connectivity index (χ4v) is 3.22. The minimum Gasteiger partial charge on any atom is -0.299 e. The third-order valence-electron chi connectivity index (χ3n) is 4.42. The number of likely N-dealkylation sites (N-methyl/N-ethyl adjacent to an activating group) is 1. The first-order valence-corrected chi connectivity index (χ1v) is 8.29. The molecule has 0 heterocycles. The molecular weight excluding hydrogens is 290 g/mol. The molecule has 1 unspecified atom stereocenters. The van der Waals surface area contributed by atoms with Gasteiger partial charge in [0.1, 0.15) is 0 Å². The Bertz CT molecular complexity index is 869. The van der Waals surface area contributed by atoms with Crippen LogP contribution in [0.4, 0.5) is 0 Å². The van der Waals surface area contributed by atoms with Gasteiger partial charge in [-0.3, -0.25) is 4.90 Å². The Morgan fingerprint density at radius 2 is 1.83 bits per heavy atom. The third kappa shape index (κ3) is 3.33. The van der Waals surface area contributed by atoms with E-state index in [-0.39, 0.29) is 0 Å². The van der Waals surface area contributed by atoms with Gasteiger partial charge < -0.3 is 0 Å². The normalized spacial score (nSPS) is 17.6. The van der Waals surface area contributed by atoms with Crippen LogP contribution in [0.1, 0.15) is 11.1 Å². The van der Waals surface area contributed by atoms with Crippen LogP contribution in [0.15, 0.2) is 84.7 Å². The van der Waals surface area contributed by atoms with Crippen LogP contribution in [0.5, 0.6) is 0 Å². The van der Waals surface area contributed by atoms with Gasteiger partial charge in [-0.1, -0.05) is 73.4 Å². The monoisotopic (exact) mass is 313 g/mol. The van der Waals surface area contributed by atoms with Gasteiger partial charge in [-0.05, 0) is 48.5 Å². The van der Waals surface area contributed by atoms with E-state index in [0.717, 1.165) is 12.0 Å². The molecule has 0 bridgehead atoms. The zero-order valence-electron chi connectivity index (χ0n) is 14.4. The summed E-state index contributed by atoms with van der Waals surface area (Å²) in [5.74, 6) is 0. The number of allylic oxidation sites excluding steroid dienone is 3. The molecule has 2 aliphatic carbocycles. The SMILES string of the molecule is C1=Cc2cccc3cccc(c23)C1.C=C=C1C=CC=CC1N(C)C. The lowest BCUT2D eigenvalue weighted by atomic mass is 9.93. The Kier molecular flexibility index (Phi) is 4.96. The van der Waals surface area contributed by atoms with Gasteiger partial charge in [0.25, 0.3) is 0 Å². The maximum atomic E-state index is 3.64. The molecule has 0 amide bonds. The van der Waals surface area contributed by atoms with Gasteiger partial charge in [0.15, 0.2) is 0 Å². The molecule has 0 saturated carbocycles. The molecule has 2 aliphatic rings. The van der Waals surface area contributed by atoms with E-state index in [4.69, 9.17) is 0 Å². The smallest absolute Gasteiger partial charge is 0.0602 e.